The highest BCUT2D eigenvalue weighted by Crippen LogP contribution is 2.41. The van der Waals surface area contributed by atoms with Crippen molar-refractivity contribution >= 4 is 49.2 Å². The zero-order valence-electron chi connectivity index (χ0n) is 15.7. The van der Waals surface area contributed by atoms with E-state index in [2.05, 4.69) is 4.98 Å². The molecular formula is C21H17ClN2O4S. The largest absolute Gasteiger partial charge is 0.480 e. The number of pyridine rings is 1. The summed E-state index contributed by atoms with van der Waals surface area (Å²) in [5.41, 5.74) is 3.33. The predicted molar refractivity (Wildman–Crippen MR) is 113 cm³/mol. The Morgan fingerprint density at radius 3 is 2.59 bits per heavy atom. The maximum atomic E-state index is 12.2. The van der Waals surface area contributed by atoms with Crippen molar-refractivity contribution < 1.29 is 18.3 Å². The van der Waals surface area contributed by atoms with E-state index >= 15 is 0 Å². The van der Waals surface area contributed by atoms with Gasteiger partial charge in [-0.2, -0.15) is 0 Å². The third-order valence-electron chi connectivity index (χ3n) is 5.00. The SMILES string of the molecule is Cc1c(-c2ccnc3c(S(C)(=O)=O)cccc23)c2c(Cl)cccc2n1CC(=O)O. The minimum atomic E-state index is -3.47. The van der Waals surface area contributed by atoms with Crippen LogP contribution in [0.5, 0.6) is 0 Å². The van der Waals surface area contributed by atoms with Crippen molar-refractivity contribution in [3.8, 4) is 11.1 Å². The molecule has 0 radical (unpaired) electrons. The summed E-state index contributed by atoms with van der Waals surface area (Å²) in [5, 5.41) is 11.2. The van der Waals surface area contributed by atoms with Crippen LogP contribution in [0.1, 0.15) is 5.69 Å². The van der Waals surface area contributed by atoms with E-state index in [0.29, 0.717) is 21.4 Å². The lowest BCUT2D eigenvalue weighted by atomic mass is 9.98. The van der Waals surface area contributed by atoms with Crippen molar-refractivity contribution in [2.24, 2.45) is 0 Å². The molecule has 2 heterocycles. The average molecular weight is 429 g/mol. The Morgan fingerprint density at radius 1 is 1.17 bits per heavy atom. The van der Waals surface area contributed by atoms with Gasteiger partial charge in [-0.3, -0.25) is 9.78 Å². The van der Waals surface area contributed by atoms with E-state index in [1.54, 1.807) is 35.0 Å². The van der Waals surface area contributed by atoms with E-state index in [-0.39, 0.29) is 11.4 Å². The number of para-hydroxylation sites is 1. The third-order valence-corrected chi connectivity index (χ3v) is 6.44. The number of aliphatic carboxylic acids is 1. The van der Waals surface area contributed by atoms with Gasteiger partial charge in [0.2, 0.25) is 0 Å². The fraction of sp³-hybridized carbons (Fsp3) is 0.143. The smallest absolute Gasteiger partial charge is 0.323 e. The zero-order chi connectivity index (χ0) is 20.9. The van der Waals surface area contributed by atoms with Crippen molar-refractivity contribution in [2.45, 2.75) is 18.4 Å². The summed E-state index contributed by atoms with van der Waals surface area (Å²) in [4.78, 5) is 15.9. The fourth-order valence-corrected chi connectivity index (χ4v) is 4.92. The van der Waals surface area contributed by atoms with Crippen LogP contribution in [0.25, 0.3) is 32.9 Å². The van der Waals surface area contributed by atoms with E-state index in [1.165, 1.54) is 6.07 Å². The maximum absolute atomic E-state index is 12.2. The van der Waals surface area contributed by atoms with Crippen molar-refractivity contribution in [3.63, 3.8) is 0 Å². The van der Waals surface area contributed by atoms with Gasteiger partial charge in [-0.1, -0.05) is 29.8 Å². The zero-order valence-corrected chi connectivity index (χ0v) is 17.3. The van der Waals surface area contributed by atoms with Gasteiger partial charge < -0.3 is 9.67 Å². The van der Waals surface area contributed by atoms with Crippen LogP contribution in [0.3, 0.4) is 0 Å². The second-order valence-electron chi connectivity index (χ2n) is 6.86. The number of benzene rings is 2. The van der Waals surface area contributed by atoms with Gasteiger partial charge >= 0.3 is 5.97 Å². The van der Waals surface area contributed by atoms with Crippen molar-refractivity contribution in [1.82, 2.24) is 9.55 Å². The first kappa shape index (κ1) is 19.4. The number of aromatic nitrogens is 2. The average Bonchev–Trinajstić information content (AvgIpc) is 2.93. The summed E-state index contributed by atoms with van der Waals surface area (Å²) in [5.74, 6) is -0.963. The molecule has 0 amide bonds. The first-order valence-electron chi connectivity index (χ1n) is 8.77. The van der Waals surface area contributed by atoms with E-state index in [1.807, 2.05) is 19.1 Å². The monoisotopic (exact) mass is 428 g/mol. The second-order valence-corrected chi connectivity index (χ2v) is 9.25. The molecule has 0 aliphatic rings. The third kappa shape index (κ3) is 3.16. The number of hydrogen-bond acceptors (Lipinski definition) is 4. The molecule has 0 unspecified atom stereocenters. The first-order chi connectivity index (χ1) is 13.7. The lowest BCUT2D eigenvalue weighted by molar-refractivity contribution is -0.137. The normalized spacial score (nSPS) is 12.0. The van der Waals surface area contributed by atoms with Crippen molar-refractivity contribution in [1.29, 1.82) is 0 Å². The van der Waals surface area contributed by atoms with E-state index in [4.69, 9.17) is 11.6 Å². The fourth-order valence-electron chi connectivity index (χ4n) is 3.82. The van der Waals surface area contributed by atoms with Crippen LogP contribution in [0.2, 0.25) is 5.02 Å². The van der Waals surface area contributed by atoms with E-state index < -0.39 is 15.8 Å². The Morgan fingerprint density at radius 2 is 1.90 bits per heavy atom. The standard InChI is InChI=1S/C21H17ClN2O4S/c1-12-19(20-15(22)6-4-7-16(20)24(12)11-18(25)26)13-9-10-23-21-14(13)5-3-8-17(21)29(2,27)28/h3-10H,11H2,1-2H3,(H,25,26). The number of fused-ring (bicyclic) bond motifs is 2. The Labute approximate surface area is 172 Å². The summed E-state index contributed by atoms with van der Waals surface area (Å²) in [6.07, 6.45) is 2.71. The van der Waals surface area contributed by atoms with Gasteiger partial charge in [-0.05, 0) is 36.8 Å². The molecule has 0 saturated heterocycles. The molecule has 29 heavy (non-hydrogen) atoms. The highest BCUT2D eigenvalue weighted by atomic mass is 35.5. The lowest BCUT2D eigenvalue weighted by Crippen LogP contribution is -2.09. The number of sulfone groups is 1. The molecule has 0 spiro atoms. The Hall–Kier alpha value is -2.90. The second kappa shape index (κ2) is 6.86. The van der Waals surface area contributed by atoms with E-state index in [0.717, 1.165) is 28.5 Å². The molecular weight excluding hydrogens is 412 g/mol. The van der Waals surface area contributed by atoms with Gasteiger partial charge in [-0.15, -0.1) is 0 Å². The minimum Gasteiger partial charge on any atom is -0.480 e. The number of nitrogens with zero attached hydrogens (tertiary/aromatic N) is 2. The summed E-state index contributed by atoms with van der Waals surface area (Å²) >= 11 is 6.52. The highest BCUT2D eigenvalue weighted by Gasteiger charge is 2.22. The number of halogens is 1. The predicted octanol–water partition coefficient (Wildman–Crippen LogP) is 4.31. The van der Waals surface area contributed by atoms with E-state index in [9.17, 15) is 18.3 Å². The molecule has 2 aromatic carbocycles. The summed E-state index contributed by atoms with van der Waals surface area (Å²) < 4.78 is 26.1. The quantitative estimate of drug-likeness (QED) is 0.523. The van der Waals surface area contributed by atoms with Crippen LogP contribution in [0.4, 0.5) is 0 Å². The molecule has 148 valence electrons. The number of rotatable bonds is 4. The molecule has 8 heteroatoms. The van der Waals surface area contributed by atoms with Gasteiger partial charge in [-0.25, -0.2) is 8.42 Å². The molecule has 0 aliphatic heterocycles. The van der Waals surface area contributed by atoms with Gasteiger partial charge in [0.05, 0.1) is 21.0 Å². The van der Waals surface area contributed by atoms with Crippen LogP contribution in [0.15, 0.2) is 53.6 Å². The molecule has 4 rings (SSSR count). The molecule has 0 saturated carbocycles. The van der Waals surface area contributed by atoms with Gasteiger partial charge in [0.25, 0.3) is 0 Å². The topological polar surface area (TPSA) is 89.3 Å². The Kier molecular flexibility index (Phi) is 4.59. The maximum Gasteiger partial charge on any atom is 0.323 e. The van der Waals surface area contributed by atoms with Crippen LogP contribution >= 0.6 is 11.6 Å². The molecule has 1 N–H and O–H groups in total. The number of carbonyl (C=O) groups is 1. The van der Waals surface area contributed by atoms with Crippen LogP contribution < -0.4 is 0 Å². The molecule has 4 aromatic rings. The molecule has 6 nitrogen and oxygen atoms in total. The molecule has 0 aliphatic carbocycles. The molecule has 2 aromatic heterocycles. The number of carboxylic acids is 1. The van der Waals surface area contributed by atoms with Gasteiger partial charge in [0.1, 0.15) is 6.54 Å². The summed E-state index contributed by atoms with van der Waals surface area (Å²) in [6, 6.07) is 12.2. The minimum absolute atomic E-state index is 0.148. The molecule has 0 bridgehead atoms. The highest BCUT2D eigenvalue weighted by molar-refractivity contribution is 7.91. The van der Waals surface area contributed by atoms with Crippen LogP contribution in [-0.4, -0.2) is 35.3 Å². The summed E-state index contributed by atoms with van der Waals surface area (Å²) in [6.45, 7) is 1.63. The van der Waals surface area contributed by atoms with Gasteiger partial charge in [0.15, 0.2) is 9.84 Å². The number of carboxylic acid groups (broad SMARTS) is 1. The molecule has 0 atom stereocenters. The van der Waals surface area contributed by atoms with Crippen LogP contribution in [0, 0.1) is 6.92 Å². The van der Waals surface area contributed by atoms with Crippen LogP contribution in [-0.2, 0) is 21.2 Å². The molecule has 0 fully saturated rings. The Bertz CT molecular complexity index is 1410. The lowest BCUT2D eigenvalue weighted by Gasteiger charge is -2.10. The Balaban J connectivity index is 2.15. The summed E-state index contributed by atoms with van der Waals surface area (Å²) in [7, 11) is -3.47. The first-order valence-corrected chi connectivity index (χ1v) is 11.0. The van der Waals surface area contributed by atoms with Crippen molar-refractivity contribution in [2.75, 3.05) is 6.26 Å². The van der Waals surface area contributed by atoms with Crippen molar-refractivity contribution in [3.05, 3.63) is 59.4 Å². The number of hydrogen-bond donors (Lipinski definition) is 1. The van der Waals surface area contributed by atoms with Gasteiger partial charge in [0, 0.05) is 34.5 Å².